The molecule has 5 nitrogen and oxygen atoms in total. The van der Waals surface area contributed by atoms with Gasteiger partial charge in [0, 0.05) is 51.4 Å². The van der Waals surface area contributed by atoms with Crippen molar-refractivity contribution in [2.45, 2.75) is 32.2 Å². The summed E-state index contributed by atoms with van der Waals surface area (Å²) in [6, 6.07) is 13.9. The first kappa shape index (κ1) is 19.1. The lowest BCUT2D eigenvalue weighted by Crippen LogP contribution is -2.43. The average molecular weight is 365 g/mol. The minimum atomic E-state index is 0.00449. The predicted molar refractivity (Wildman–Crippen MR) is 105 cm³/mol. The van der Waals surface area contributed by atoms with Gasteiger partial charge in [0.05, 0.1) is 0 Å². The number of aryl methyl sites for hydroxylation is 1. The lowest BCUT2D eigenvalue weighted by molar-refractivity contribution is -0.140. The van der Waals surface area contributed by atoms with Crippen molar-refractivity contribution in [3.05, 3.63) is 66.0 Å². The Morgan fingerprint density at radius 2 is 1.78 bits per heavy atom. The summed E-state index contributed by atoms with van der Waals surface area (Å²) in [7, 11) is 1.84. The number of carbonyl (C=O) groups is 2. The molecule has 0 unspecified atom stereocenters. The Morgan fingerprint density at radius 3 is 2.44 bits per heavy atom. The number of amides is 2. The largest absolute Gasteiger partial charge is 0.343 e. The molecule has 0 saturated carbocycles. The topological polar surface area (TPSA) is 53.5 Å². The quantitative estimate of drug-likeness (QED) is 0.791. The lowest BCUT2D eigenvalue weighted by atomic mass is 9.95. The molecule has 1 aromatic heterocycles. The molecule has 27 heavy (non-hydrogen) atoms. The molecule has 1 aromatic carbocycles. The van der Waals surface area contributed by atoms with Crippen LogP contribution in [0.1, 0.15) is 30.4 Å². The van der Waals surface area contributed by atoms with E-state index in [2.05, 4.69) is 17.1 Å². The number of nitrogens with zero attached hydrogens (tertiary/aromatic N) is 3. The first-order valence-electron chi connectivity index (χ1n) is 9.59. The van der Waals surface area contributed by atoms with Crippen molar-refractivity contribution in [2.24, 2.45) is 5.92 Å². The fourth-order valence-electron chi connectivity index (χ4n) is 3.59. The lowest BCUT2D eigenvalue weighted by Gasteiger charge is -2.33. The molecule has 1 aliphatic heterocycles. The van der Waals surface area contributed by atoms with Crippen LogP contribution in [0.5, 0.6) is 0 Å². The molecular formula is C22H27N3O2. The van der Waals surface area contributed by atoms with Gasteiger partial charge in [-0.3, -0.25) is 14.6 Å². The number of benzene rings is 1. The fraction of sp³-hybridized carbons (Fsp3) is 0.409. The van der Waals surface area contributed by atoms with Gasteiger partial charge in [-0.15, -0.1) is 0 Å². The molecule has 142 valence electrons. The zero-order valence-corrected chi connectivity index (χ0v) is 15.9. The number of rotatable bonds is 6. The van der Waals surface area contributed by atoms with E-state index in [4.69, 9.17) is 0 Å². The van der Waals surface area contributed by atoms with Crippen molar-refractivity contribution < 1.29 is 9.59 Å². The minimum absolute atomic E-state index is 0.00449. The molecule has 5 heteroatoms. The molecule has 0 radical (unpaired) electrons. The normalized spacial score (nSPS) is 14.8. The second-order valence-electron chi connectivity index (χ2n) is 7.20. The van der Waals surface area contributed by atoms with E-state index >= 15 is 0 Å². The molecule has 2 amide bonds. The Morgan fingerprint density at radius 1 is 1.07 bits per heavy atom. The van der Waals surface area contributed by atoms with E-state index in [0.29, 0.717) is 26.1 Å². The van der Waals surface area contributed by atoms with Gasteiger partial charge in [0.25, 0.3) is 0 Å². The van der Waals surface area contributed by atoms with Crippen LogP contribution in [0.2, 0.25) is 0 Å². The zero-order valence-electron chi connectivity index (χ0n) is 15.9. The third-order valence-corrected chi connectivity index (χ3v) is 5.19. The van der Waals surface area contributed by atoms with Crippen molar-refractivity contribution in [3.8, 4) is 0 Å². The van der Waals surface area contributed by atoms with Crippen LogP contribution in [0.4, 0.5) is 0 Å². The number of pyridine rings is 1. The van der Waals surface area contributed by atoms with Crippen molar-refractivity contribution in [3.63, 3.8) is 0 Å². The van der Waals surface area contributed by atoms with E-state index < -0.39 is 0 Å². The van der Waals surface area contributed by atoms with Gasteiger partial charge in [-0.2, -0.15) is 0 Å². The van der Waals surface area contributed by atoms with Crippen LogP contribution in [0, 0.1) is 5.92 Å². The molecule has 2 aromatic rings. The summed E-state index contributed by atoms with van der Waals surface area (Å²) < 4.78 is 0. The molecule has 0 aliphatic carbocycles. The summed E-state index contributed by atoms with van der Waals surface area (Å²) in [5, 5.41) is 0. The molecule has 0 spiro atoms. The Kier molecular flexibility index (Phi) is 6.58. The van der Waals surface area contributed by atoms with E-state index in [0.717, 1.165) is 24.8 Å². The van der Waals surface area contributed by atoms with Crippen molar-refractivity contribution in [2.75, 3.05) is 20.1 Å². The maximum Gasteiger partial charge on any atom is 0.225 e. The number of aromatic nitrogens is 1. The van der Waals surface area contributed by atoms with Crippen molar-refractivity contribution in [1.29, 1.82) is 0 Å². The van der Waals surface area contributed by atoms with E-state index in [1.807, 2.05) is 42.3 Å². The highest BCUT2D eigenvalue weighted by atomic mass is 16.2. The molecular weight excluding hydrogens is 338 g/mol. The molecule has 2 heterocycles. The third kappa shape index (κ3) is 5.39. The van der Waals surface area contributed by atoms with Crippen molar-refractivity contribution in [1.82, 2.24) is 14.8 Å². The molecule has 0 N–H and O–H groups in total. The number of piperidine rings is 1. The summed E-state index contributed by atoms with van der Waals surface area (Å²) in [5.74, 6) is 0.355. The molecule has 0 bridgehead atoms. The third-order valence-electron chi connectivity index (χ3n) is 5.19. The van der Waals surface area contributed by atoms with E-state index in [1.165, 1.54) is 5.56 Å². The minimum Gasteiger partial charge on any atom is -0.343 e. The fourth-order valence-corrected chi connectivity index (χ4v) is 3.59. The second-order valence-corrected chi connectivity index (χ2v) is 7.20. The Labute approximate surface area is 161 Å². The summed E-state index contributed by atoms with van der Waals surface area (Å²) in [6.45, 7) is 1.92. The van der Waals surface area contributed by atoms with Gasteiger partial charge in [0.1, 0.15) is 0 Å². The molecule has 1 aliphatic rings. The number of carbonyl (C=O) groups excluding carboxylic acids is 2. The number of hydrogen-bond acceptors (Lipinski definition) is 3. The predicted octanol–water partition coefficient (Wildman–Crippen LogP) is 2.91. The van der Waals surface area contributed by atoms with Crippen LogP contribution in [-0.4, -0.2) is 46.7 Å². The molecule has 1 fully saturated rings. The van der Waals surface area contributed by atoms with Crippen LogP contribution in [0.15, 0.2) is 54.9 Å². The van der Waals surface area contributed by atoms with Crippen LogP contribution in [0.25, 0.3) is 0 Å². The number of hydrogen-bond donors (Lipinski definition) is 0. The average Bonchev–Trinajstić information content (AvgIpc) is 2.73. The summed E-state index contributed by atoms with van der Waals surface area (Å²) in [5.41, 5.74) is 2.22. The van der Waals surface area contributed by atoms with Gasteiger partial charge in [-0.25, -0.2) is 0 Å². The van der Waals surface area contributed by atoms with Gasteiger partial charge in [0.15, 0.2) is 0 Å². The SMILES string of the molecule is CN(Cc1cccnc1)C(=O)C1CCN(C(=O)CCc2ccccc2)CC1. The standard InChI is InChI=1S/C22H27N3O2/c1-24(17-19-8-5-13-23-16-19)22(27)20-11-14-25(15-12-20)21(26)10-9-18-6-3-2-4-7-18/h2-8,13,16,20H,9-12,14-15,17H2,1H3. The van der Waals surface area contributed by atoms with Gasteiger partial charge >= 0.3 is 0 Å². The first-order valence-corrected chi connectivity index (χ1v) is 9.59. The Balaban J connectivity index is 1.43. The van der Waals surface area contributed by atoms with E-state index in [-0.39, 0.29) is 17.7 Å². The van der Waals surface area contributed by atoms with Crippen LogP contribution in [-0.2, 0) is 22.6 Å². The second kappa shape index (κ2) is 9.31. The zero-order chi connectivity index (χ0) is 19.1. The van der Waals surface area contributed by atoms with Gasteiger partial charge < -0.3 is 9.80 Å². The van der Waals surface area contributed by atoms with E-state index in [9.17, 15) is 9.59 Å². The highest BCUT2D eigenvalue weighted by Crippen LogP contribution is 2.21. The van der Waals surface area contributed by atoms with Crippen LogP contribution in [0.3, 0.4) is 0 Å². The van der Waals surface area contributed by atoms with Gasteiger partial charge in [-0.1, -0.05) is 36.4 Å². The highest BCUT2D eigenvalue weighted by Gasteiger charge is 2.28. The maximum absolute atomic E-state index is 12.7. The number of likely N-dealkylation sites (tertiary alicyclic amines) is 1. The highest BCUT2D eigenvalue weighted by molar-refractivity contribution is 5.80. The Bertz CT molecular complexity index is 741. The maximum atomic E-state index is 12.7. The summed E-state index contributed by atoms with van der Waals surface area (Å²) in [4.78, 5) is 32.9. The van der Waals surface area contributed by atoms with E-state index in [1.54, 1.807) is 17.3 Å². The Hall–Kier alpha value is -2.69. The molecule has 0 atom stereocenters. The molecule has 1 saturated heterocycles. The monoisotopic (exact) mass is 365 g/mol. The first-order chi connectivity index (χ1) is 13.1. The van der Waals surface area contributed by atoms with Gasteiger partial charge in [0.2, 0.25) is 11.8 Å². The van der Waals surface area contributed by atoms with Crippen LogP contribution >= 0.6 is 0 Å². The molecule has 3 rings (SSSR count). The summed E-state index contributed by atoms with van der Waals surface area (Å²) in [6.07, 6.45) is 6.31. The smallest absolute Gasteiger partial charge is 0.225 e. The van der Waals surface area contributed by atoms with Crippen molar-refractivity contribution >= 4 is 11.8 Å². The van der Waals surface area contributed by atoms with Gasteiger partial charge in [-0.05, 0) is 36.5 Å². The van der Waals surface area contributed by atoms with Crippen LogP contribution < -0.4 is 0 Å². The summed E-state index contributed by atoms with van der Waals surface area (Å²) >= 11 is 0.